The molecule has 0 aromatic heterocycles. The molecule has 0 aliphatic rings. The van der Waals surface area contributed by atoms with Crippen LogP contribution in [0.3, 0.4) is 0 Å². The largest absolute Gasteiger partial charge is 0.507 e. The average Bonchev–Trinajstić information content (AvgIpc) is 2.36. The number of phenols is 1. The number of aromatic hydroxyl groups is 1. The summed E-state index contributed by atoms with van der Waals surface area (Å²) in [5, 5.41) is 12.4. The highest BCUT2D eigenvalue weighted by Crippen LogP contribution is 2.26. The maximum absolute atomic E-state index is 12.1. The molecule has 0 unspecified atom stereocenters. The molecule has 0 heterocycles. The summed E-state index contributed by atoms with van der Waals surface area (Å²) in [5.74, 6) is -0.233. The number of hydrogen-bond donors (Lipinski definition) is 2. The van der Waals surface area contributed by atoms with Gasteiger partial charge in [0.15, 0.2) is 0 Å². The molecule has 0 saturated heterocycles. The summed E-state index contributed by atoms with van der Waals surface area (Å²) in [5.41, 5.74) is 2.19. The van der Waals surface area contributed by atoms with E-state index < -0.39 is 0 Å². The molecule has 3 nitrogen and oxygen atoms in total. The van der Waals surface area contributed by atoms with Crippen LogP contribution in [0.25, 0.3) is 0 Å². The first-order valence-corrected chi connectivity index (χ1v) is 7.12. The average molecular weight is 385 g/mol. The van der Waals surface area contributed by atoms with Crippen LogP contribution < -0.4 is 5.32 Å². The number of carbonyl (C=O) groups excluding carboxylic acids is 1. The normalized spacial score (nSPS) is 10.3. The molecule has 2 aromatic rings. The maximum Gasteiger partial charge on any atom is 0.255 e. The highest BCUT2D eigenvalue weighted by molar-refractivity contribution is 9.11. The van der Waals surface area contributed by atoms with Crippen molar-refractivity contribution in [2.75, 3.05) is 5.32 Å². The van der Waals surface area contributed by atoms with Crippen LogP contribution in [0.1, 0.15) is 15.9 Å². The molecule has 98 valence electrons. The van der Waals surface area contributed by atoms with Gasteiger partial charge in [0.2, 0.25) is 0 Å². The van der Waals surface area contributed by atoms with Gasteiger partial charge in [-0.2, -0.15) is 0 Å². The van der Waals surface area contributed by atoms with Crippen molar-refractivity contribution in [1.29, 1.82) is 0 Å². The van der Waals surface area contributed by atoms with Crippen LogP contribution in [0.2, 0.25) is 0 Å². The Morgan fingerprint density at radius 1 is 1.11 bits per heavy atom. The van der Waals surface area contributed by atoms with Gasteiger partial charge in [-0.15, -0.1) is 0 Å². The van der Waals surface area contributed by atoms with E-state index in [1.165, 1.54) is 6.07 Å². The molecule has 2 rings (SSSR count). The minimum Gasteiger partial charge on any atom is -0.507 e. The number of rotatable bonds is 2. The standard InChI is InChI=1S/C14H11Br2NO2/c1-8-2-5-12(11(16)6-8)17-14(19)9-3-4-10(15)13(18)7-9/h2-7,18H,1H3,(H,17,19). The maximum atomic E-state index is 12.1. The lowest BCUT2D eigenvalue weighted by Gasteiger charge is -2.08. The van der Waals surface area contributed by atoms with Gasteiger partial charge in [0.1, 0.15) is 5.75 Å². The molecule has 2 aromatic carbocycles. The molecule has 0 fully saturated rings. The Morgan fingerprint density at radius 3 is 2.47 bits per heavy atom. The summed E-state index contributed by atoms with van der Waals surface area (Å²) in [6, 6.07) is 10.4. The van der Waals surface area contributed by atoms with E-state index in [1.54, 1.807) is 12.1 Å². The highest BCUT2D eigenvalue weighted by Gasteiger charge is 2.10. The number of benzene rings is 2. The first kappa shape index (κ1) is 14.1. The van der Waals surface area contributed by atoms with E-state index in [2.05, 4.69) is 37.2 Å². The van der Waals surface area contributed by atoms with E-state index >= 15 is 0 Å². The van der Waals surface area contributed by atoms with Crippen molar-refractivity contribution >= 4 is 43.5 Å². The van der Waals surface area contributed by atoms with Gasteiger partial charge in [-0.05, 0) is 74.7 Å². The molecule has 0 atom stereocenters. The van der Waals surface area contributed by atoms with Gasteiger partial charge in [0, 0.05) is 10.0 Å². The van der Waals surface area contributed by atoms with Crippen molar-refractivity contribution in [2.24, 2.45) is 0 Å². The monoisotopic (exact) mass is 383 g/mol. The Labute approximate surface area is 127 Å². The third kappa shape index (κ3) is 3.36. The highest BCUT2D eigenvalue weighted by atomic mass is 79.9. The molecule has 0 spiro atoms. The van der Waals surface area contributed by atoms with Crippen LogP contribution in [0.5, 0.6) is 5.75 Å². The first-order chi connectivity index (χ1) is 8.97. The van der Waals surface area contributed by atoms with E-state index in [1.807, 2.05) is 25.1 Å². The second-order valence-electron chi connectivity index (χ2n) is 4.10. The summed E-state index contributed by atoms with van der Waals surface area (Å²) in [6.45, 7) is 1.98. The summed E-state index contributed by atoms with van der Waals surface area (Å²) in [7, 11) is 0. The summed E-state index contributed by atoms with van der Waals surface area (Å²) in [4.78, 5) is 12.1. The number of hydrogen-bond acceptors (Lipinski definition) is 2. The molecule has 0 aliphatic heterocycles. The van der Waals surface area contributed by atoms with Crippen molar-refractivity contribution in [3.63, 3.8) is 0 Å². The summed E-state index contributed by atoms with van der Waals surface area (Å²) < 4.78 is 1.38. The molecule has 0 saturated carbocycles. The third-order valence-electron chi connectivity index (χ3n) is 2.58. The topological polar surface area (TPSA) is 49.3 Å². The van der Waals surface area contributed by atoms with E-state index in [0.29, 0.717) is 15.7 Å². The zero-order valence-electron chi connectivity index (χ0n) is 10.1. The van der Waals surface area contributed by atoms with Gasteiger partial charge in [-0.25, -0.2) is 0 Å². The van der Waals surface area contributed by atoms with E-state index in [9.17, 15) is 9.90 Å². The molecule has 5 heteroatoms. The van der Waals surface area contributed by atoms with Gasteiger partial charge >= 0.3 is 0 Å². The lowest BCUT2D eigenvalue weighted by Crippen LogP contribution is -2.12. The van der Waals surface area contributed by atoms with Crippen molar-refractivity contribution in [2.45, 2.75) is 6.92 Å². The van der Waals surface area contributed by atoms with E-state index in [4.69, 9.17) is 0 Å². The Morgan fingerprint density at radius 2 is 1.84 bits per heavy atom. The Kier molecular flexibility index (Phi) is 4.27. The van der Waals surface area contributed by atoms with Crippen molar-refractivity contribution in [1.82, 2.24) is 0 Å². The fraction of sp³-hybridized carbons (Fsp3) is 0.0714. The van der Waals surface area contributed by atoms with E-state index in [-0.39, 0.29) is 11.7 Å². The van der Waals surface area contributed by atoms with Gasteiger partial charge in [0.05, 0.1) is 10.2 Å². The predicted molar refractivity (Wildman–Crippen MR) is 82.6 cm³/mol. The van der Waals surface area contributed by atoms with Gasteiger partial charge in [-0.1, -0.05) is 6.07 Å². The number of nitrogens with one attached hydrogen (secondary N) is 1. The van der Waals surface area contributed by atoms with Crippen molar-refractivity contribution < 1.29 is 9.90 Å². The fourth-order valence-corrected chi connectivity index (χ4v) is 2.41. The zero-order valence-corrected chi connectivity index (χ0v) is 13.2. The second kappa shape index (κ2) is 5.75. The summed E-state index contributed by atoms with van der Waals surface area (Å²) in [6.07, 6.45) is 0. The smallest absolute Gasteiger partial charge is 0.255 e. The second-order valence-corrected chi connectivity index (χ2v) is 5.81. The molecular formula is C14H11Br2NO2. The van der Waals surface area contributed by atoms with Crippen LogP contribution in [-0.4, -0.2) is 11.0 Å². The third-order valence-corrected chi connectivity index (χ3v) is 3.91. The Hall–Kier alpha value is -1.33. The molecule has 19 heavy (non-hydrogen) atoms. The van der Waals surface area contributed by atoms with Gasteiger partial charge in [-0.3, -0.25) is 4.79 Å². The Bertz CT molecular complexity index is 641. The lowest BCUT2D eigenvalue weighted by molar-refractivity contribution is 0.102. The summed E-state index contributed by atoms with van der Waals surface area (Å²) >= 11 is 6.58. The number of phenolic OH excluding ortho intramolecular Hbond substituents is 1. The number of amides is 1. The van der Waals surface area contributed by atoms with Crippen LogP contribution in [-0.2, 0) is 0 Å². The van der Waals surface area contributed by atoms with Crippen LogP contribution in [0.15, 0.2) is 45.3 Å². The number of aryl methyl sites for hydroxylation is 1. The molecule has 1 amide bonds. The van der Waals surface area contributed by atoms with Crippen LogP contribution >= 0.6 is 31.9 Å². The first-order valence-electron chi connectivity index (χ1n) is 5.53. The fourth-order valence-electron chi connectivity index (χ4n) is 1.57. The molecule has 0 aliphatic carbocycles. The number of halogens is 2. The van der Waals surface area contributed by atoms with E-state index in [0.717, 1.165) is 10.0 Å². The number of anilines is 1. The van der Waals surface area contributed by atoms with Crippen LogP contribution in [0.4, 0.5) is 5.69 Å². The molecular weight excluding hydrogens is 374 g/mol. The molecule has 0 bridgehead atoms. The van der Waals surface area contributed by atoms with Gasteiger partial charge in [0.25, 0.3) is 5.91 Å². The zero-order chi connectivity index (χ0) is 14.0. The number of carbonyl (C=O) groups is 1. The SMILES string of the molecule is Cc1ccc(NC(=O)c2ccc(Br)c(O)c2)c(Br)c1. The minimum atomic E-state index is -0.271. The van der Waals surface area contributed by atoms with Crippen molar-refractivity contribution in [3.05, 3.63) is 56.5 Å². The Balaban J connectivity index is 2.23. The molecule has 2 N–H and O–H groups in total. The molecule has 0 radical (unpaired) electrons. The lowest BCUT2D eigenvalue weighted by atomic mass is 10.2. The van der Waals surface area contributed by atoms with Crippen molar-refractivity contribution in [3.8, 4) is 5.75 Å². The predicted octanol–water partition coefficient (Wildman–Crippen LogP) is 4.48. The van der Waals surface area contributed by atoms with Crippen LogP contribution in [0, 0.1) is 6.92 Å². The minimum absolute atomic E-state index is 0.0376. The van der Waals surface area contributed by atoms with Gasteiger partial charge < -0.3 is 10.4 Å². The quantitative estimate of drug-likeness (QED) is 0.801.